The molecule has 104 valence electrons. The van der Waals surface area contributed by atoms with Crippen LogP contribution in [-0.2, 0) is 4.74 Å². The van der Waals surface area contributed by atoms with Crippen molar-refractivity contribution in [2.24, 2.45) is 0 Å². The average Bonchev–Trinajstić information content (AvgIpc) is 2.49. The molecule has 1 heterocycles. The van der Waals surface area contributed by atoms with Crippen LogP contribution in [0.25, 0.3) is 0 Å². The van der Waals surface area contributed by atoms with Crippen molar-refractivity contribution in [3.05, 3.63) is 42.1 Å². The summed E-state index contributed by atoms with van der Waals surface area (Å²) in [6.45, 7) is 0. The van der Waals surface area contributed by atoms with E-state index in [2.05, 4.69) is 9.72 Å². The zero-order chi connectivity index (χ0) is 14.5. The predicted molar refractivity (Wildman–Crippen MR) is 78.3 cm³/mol. The van der Waals surface area contributed by atoms with Crippen LogP contribution in [0, 0.1) is 0 Å². The summed E-state index contributed by atoms with van der Waals surface area (Å²) in [6.07, 6.45) is 3.45. The lowest BCUT2D eigenvalue weighted by Gasteiger charge is -2.10. The van der Waals surface area contributed by atoms with Crippen LogP contribution in [0.4, 0.5) is 5.69 Å². The van der Waals surface area contributed by atoms with Gasteiger partial charge in [-0.15, -0.1) is 11.8 Å². The van der Waals surface area contributed by atoms with Gasteiger partial charge in [0.15, 0.2) is 0 Å². The number of nitrogen functional groups attached to an aromatic ring is 1. The standard InChI is InChI=1S/C14H14N2O3S/c1-18-14(17)11-7-8-16-13(12(11)15)19-9-3-5-10(20-2)6-4-9/h3-8H,15H2,1-2H3. The molecule has 0 bridgehead atoms. The number of hydrogen-bond acceptors (Lipinski definition) is 6. The molecule has 0 unspecified atom stereocenters. The fraction of sp³-hybridized carbons (Fsp3) is 0.143. The first-order chi connectivity index (χ1) is 9.65. The van der Waals surface area contributed by atoms with Gasteiger partial charge in [-0.25, -0.2) is 9.78 Å². The molecule has 6 heteroatoms. The van der Waals surface area contributed by atoms with Gasteiger partial charge in [-0.1, -0.05) is 0 Å². The highest BCUT2D eigenvalue weighted by Crippen LogP contribution is 2.29. The second-order valence-corrected chi connectivity index (χ2v) is 4.73. The van der Waals surface area contributed by atoms with Crippen molar-refractivity contribution < 1.29 is 14.3 Å². The van der Waals surface area contributed by atoms with Gasteiger partial charge in [0.05, 0.1) is 12.7 Å². The SMILES string of the molecule is COC(=O)c1ccnc(Oc2ccc(SC)cc2)c1N. The molecule has 2 rings (SSSR count). The average molecular weight is 290 g/mol. The Morgan fingerprint density at radius 2 is 1.95 bits per heavy atom. The third-order valence-corrected chi connectivity index (χ3v) is 3.38. The summed E-state index contributed by atoms with van der Waals surface area (Å²) in [6, 6.07) is 8.99. The number of carbonyl (C=O) groups excluding carboxylic acids is 1. The summed E-state index contributed by atoms with van der Waals surface area (Å²) in [4.78, 5) is 16.7. The Labute approximate surface area is 121 Å². The molecule has 0 radical (unpaired) electrons. The van der Waals surface area contributed by atoms with E-state index in [4.69, 9.17) is 10.5 Å². The number of nitrogens with zero attached hydrogens (tertiary/aromatic N) is 1. The maximum Gasteiger partial charge on any atom is 0.340 e. The van der Waals surface area contributed by atoms with Crippen molar-refractivity contribution in [1.82, 2.24) is 4.98 Å². The lowest BCUT2D eigenvalue weighted by molar-refractivity contribution is 0.0601. The van der Waals surface area contributed by atoms with Gasteiger partial charge in [0.1, 0.15) is 11.4 Å². The van der Waals surface area contributed by atoms with Crippen LogP contribution >= 0.6 is 11.8 Å². The molecular weight excluding hydrogens is 276 g/mol. The Balaban J connectivity index is 2.26. The third kappa shape index (κ3) is 3.03. The highest BCUT2D eigenvalue weighted by atomic mass is 32.2. The molecule has 0 amide bonds. The number of hydrogen-bond donors (Lipinski definition) is 1. The number of methoxy groups -OCH3 is 1. The first-order valence-corrected chi connectivity index (χ1v) is 7.03. The highest BCUT2D eigenvalue weighted by Gasteiger charge is 2.15. The quantitative estimate of drug-likeness (QED) is 0.689. The van der Waals surface area contributed by atoms with E-state index in [0.29, 0.717) is 5.75 Å². The highest BCUT2D eigenvalue weighted by molar-refractivity contribution is 7.98. The Morgan fingerprint density at radius 1 is 1.25 bits per heavy atom. The number of ether oxygens (including phenoxy) is 2. The van der Waals surface area contributed by atoms with E-state index in [-0.39, 0.29) is 17.1 Å². The van der Waals surface area contributed by atoms with Gasteiger partial charge in [0.25, 0.3) is 0 Å². The van der Waals surface area contributed by atoms with E-state index in [0.717, 1.165) is 4.90 Å². The number of nitrogens with two attached hydrogens (primary N) is 1. The summed E-state index contributed by atoms with van der Waals surface area (Å²) in [5.74, 6) is 0.265. The molecule has 2 aromatic rings. The van der Waals surface area contributed by atoms with E-state index in [1.54, 1.807) is 11.8 Å². The van der Waals surface area contributed by atoms with E-state index in [9.17, 15) is 4.79 Å². The molecule has 2 N–H and O–H groups in total. The summed E-state index contributed by atoms with van der Waals surface area (Å²) < 4.78 is 10.2. The molecule has 20 heavy (non-hydrogen) atoms. The largest absolute Gasteiger partial charge is 0.465 e. The maximum absolute atomic E-state index is 11.5. The Hall–Kier alpha value is -2.21. The summed E-state index contributed by atoms with van der Waals surface area (Å²) >= 11 is 1.64. The molecule has 0 spiro atoms. The van der Waals surface area contributed by atoms with Crippen LogP contribution in [0.1, 0.15) is 10.4 Å². The monoisotopic (exact) mass is 290 g/mol. The van der Waals surface area contributed by atoms with Gasteiger partial charge in [0.2, 0.25) is 5.88 Å². The number of rotatable bonds is 4. The van der Waals surface area contributed by atoms with E-state index in [1.165, 1.54) is 19.4 Å². The normalized spacial score (nSPS) is 10.1. The summed E-state index contributed by atoms with van der Waals surface area (Å²) in [7, 11) is 1.30. The van der Waals surface area contributed by atoms with Crippen LogP contribution in [0.2, 0.25) is 0 Å². The smallest absolute Gasteiger partial charge is 0.340 e. The number of anilines is 1. The number of aromatic nitrogens is 1. The fourth-order valence-corrected chi connectivity index (χ4v) is 1.99. The minimum absolute atomic E-state index is 0.160. The first-order valence-electron chi connectivity index (χ1n) is 5.80. The van der Waals surface area contributed by atoms with Crippen molar-refractivity contribution in [3.8, 4) is 11.6 Å². The number of thioether (sulfide) groups is 1. The lowest BCUT2D eigenvalue weighted by atomic mass is 10.2. The topological polar surface area (TPSA) is 74.4 Å². The first kappa shape index (κ1) is 14.2. The van der Waals surface area contributed by atoms with Crippen LogP contribution < -0.4 is 10.5 Å². The number of carbonyl (C=O) groups is 1. The lowest BCUT2D eigenvalue weighted by Crippen LogP contribution is -2.07. The van der Waals surface area contributed by atoms with Gasteiger partial charge < -0.3 is 15.2 Å². The minimum Gasteiger partial charge on any atom is -0.465 e. The van der Waals surface area contributed by atoms with Gasteiger partial charge in [-0.2, -0.15) is 0 Å². The molecule has 0 aliphatic rings. The van der Waals surface area contributed by atoms with Crippen LogP contribution in [0.3, 0.4) is 0 Å². The van der Waals surface area contributed by atoms with Crippen molar-refractivity contribution in [2.75, 3.05) is 19.1 Å². The second-order valence-electron chi connectivity index (χ2n) is 3.85. The third-order valence-electron chi connectivity index (χ3n) is 2.63. The summed E-state index contributed by atoms with van der Waals surface area (Å²) in [5.41, 5.74) is 6.27. The van der Waals surface area contributed by atoms with E-state index >= 15 is 0 Å². The Kier molecular flexibility index (Phi) is 4.47. The van der Waals surface area contributed by atoms with Crippen molar-refractivity contribution >= 4 is 23.4 Å². The molecule has 0 saturated heterocycles. The van der Waals surface area contributed by atoms with Gasteiger partial charge in [0, 0.05) is 11.1 Å². The second kappa shape index (κ2) is 6.29. The molecular formula is C14H14N2O3S. The van der Waals surface area contributed by atoms with Crippen LogP contribution in [0.15, 0.2) is 41.4 Å². The van der Waals surface area contributed by atoms with Crippen molar-refractivity contribution in [2.45, 2.75) is 4.90 Å². The molecule has 0 saturated carbocycles. The maximum atomic E-state index is 11.5. The van der Waals surface area contributed by atoms with Crippen LogP contribution in [-0.4, -0.2) is 24.3 Å². The molecule has 0 fully saturated rings. The van der Waals surface area contributed by atoms with E-state index in [1.807, 2.05) is 30.5 Å². The molecule has 0 atom stereocenters. The predicted octanol–water partition coefficient (Wildman–Crippen LogP) is 2.96. The fourth-order valence-electron chi connectivity index (χ4n) is 1.58. The molecule has 1 aromatic carbocycles. The van der Waals surface area contributed by atoms with Gasteiger partial charge in [-0.3, -0.25) is 0 Å². The van der Waals surface area contributed by atoms with Crippen molar-refractivity contribution in [1.29, 1.82) is 0 Å². The zero-order valence-electron chi connectivity index (χ0n) is 11.1. The van der Waals surface area contributed by atoms with Gasteiger partial charge >= 0.3 is 5.97 Å². The zero-order valence-corrected chi connectivity index (χ0v) is 11.9. The van der Waals surface area contributed by atoms with Crippen LogP contribution in [0.5, 0.6) is 11.6 Å². The number of pyridine rings is 1. The van der Waals surface area contributed by atoms with Crippen molar-refractivity contribution in [3.63, 3.8) is 0 Å². The molecule has 1 aromatic heterocycles. The van der Waals surface area contributed by atoms with Gasteiger partial charge in [-0.05, 0) is 36.6 Å². The minimum atomic E-state index is -0.521. The molecule has 0 aliphatic heterocycles. The Morgan fingerprint density at radius 3 is 2.55 bits per heavy atom. The molecule has 0 aliphatic carbocycles. The number of benzene rings is 1. The van der Waals surface area contributed by atoms with E-state index < -0.39 is 5.97 Å². The molecule has 5 nitrogen and oxygen atoms in total. The Bertz CT molecular complexity index is 614. The summed E-state index contributed by atoms with van der Waals surface area (Å²) in [5, 5.41) is 0. The number of esters is 1.